The van der Waals surface area contributed by atoms with Crippen LogP contribution in [0.4, 0.5) is 0 Å². The van der Waals surface area contributed by atoms with Gasteiger partial charge in [0.25, 0.3) is 0 Å². The first kappa shape index (κ1) is 8.07. The van der Waals surface area contributed by atoms with Gasteiger partial charge in [0.05, 0.1) is 13.3 Å². The van der Waals surface area contributed by atoms with Crippen LogP contribution in [0.2, 0.25) is 0 Å². The molecule has 0 radical (unpaired) electrons. The summed E-state index contributed by atoms with van der Waals surface area (Å²) in [7, 11) is 1.59. The van der Waals surface area contributed by atoms with E-state index < -0.39 is 0 Å². The zero-order valence-electron chi connectivity index (χ0n) is 7.28. The van der Waals surface area contributed by atoms with Crippen LogP contribution in [-0.4, -0.2) is 12.3 Å². The number of benzene rings is 1. The molecule has 0 aliphatic carbocycles. The molecule has 2 N–H and O–H groups in total. The topological polar surface area (TPSA) is 61.3 Å². The van der Waals surface area contributed by atoms with E-state index in [2.05, 4.69) is 5.16 Å². The van der Waals surface area contributed by atoms with Crippen molar-refractivity contribution in [3.8, 4) is 5.75 Å². The van der Waals surface area contributed by atoms with Crippen molar-refractivity contribution in [3.63, 3.8) is 0 Å². The van der Waals surface area contributed by atoms with Crippen molar-refractivity contribution >= 4 is 11.0 Å². The minimum absolute atomic E-state index is 0.430. The summed E-state index contributed by atoms with van der Waals surface area (Å²) in [6.45, 7) is 0.430. The average Bonchev–Trinajstić information content (AvgIpc) is 2.63. The van der Waals surface area contributed by atoms with Gasteiger partial charge in [0.1, 0.15) is 0 Å². The minimum Gasteiger partial charge on any atom is -0.492 e. The van der Waals surface area contributed by atoms with Crippen molar-refractivity contribution in [2.75, 3.05) is 7.11 Å². The molecule has 1 aromatic heterocycles. The van der Waals surface area contributed by atoms with Gasteiger partial charge in [0, 0.05) is 17.5 Å². The summed E-state index contributed by atoms with van der Waals surface area (Å²) < 4.78 is 10.2. The fourth-order valence-electron chi connectivity index (χ4n) is 1.33. The van der Waals surface area contributed by atoms with Crippen LogP contribution in [0.1, 0.15) is 5.56 Å². The fraction of sp³-hybridized carbons (Fsp3) is 0.222. The molecular formula is C9H10N2O2. The van der Waals surface area contributed by atoms with Gasteiger partial charge in [-0.05, 0) is 6.07 Å². The van der Waals surface area contributed by atoms with Crippen LogP contribution in [0.5, 0.6) is 5.75 Å². The van der Waals surface area contributed by atoms with Crippen LogP contribution in [-0.2, 0) is 6.54 Å². The summed E-state index contributed by atoms with van der Waals surface area (Å²) in [6.07, 6.45) is 1.65. The highest BCUT2D eigenvalue weighted by Gasteiger charge is 2.10. The first-order valence-electron chi connectivity index (χ1n) is 3.97. The van der Waals surface area contributed by atoms with Crippen LogP contribution < -0.4 is 10.5 Å². The van der Waals surface area contributed by atoms with E-state index in [0.717, 1.165) is 10.9 Å². The van der Waals surface area contributed by atoms with E-state index in [0.29, 0.717) is 17.9 Å². The van der Waals surface area contributed by atoms with Crippen molar-refractivity contribution in [1.29, 1.82) is 0 Å². The molecule has 0 saturated carbocycles. The van der Waals surface area contributed by atoms with Gasteiger partial charge in [0.15, 0.2) is 5.75 Å². The fourth-order valence-corrected chi connectivity index (χ4v) is 1.33. The molecule has 2 rings (SSSR count). The molecule has 0 saturated heterocycles. The van der Waals surface area contributed by atoms with Gasteiger partial charge < -0.3 is 15.0 Å². The van der Waals surface area contributed by atoms with E-state index in [-0.39, 0.29) is 0 Å². The molecular weight excluding hydrogens is 168 g/mol. The number of hydrogen-bond acceptors (Lipinski definition) is 4. The molecule has 1 heterocycles. The second-order valence-corrected chi connectivity index (χ2v) is 2.71. The Hall–Kier alpha value is -1.55. The predicted octanol–water partition coefficient (Wildman–Crippen LogP) is 1.30. The molecule has 4 heteroatoms. The van der Waals surface area contributed by atoms with E-state index in [1.807, 2.05) is 12.1 Å². The lowest BCUT2D eigenvalue weighted by atomic mass is 10.1. The average molecular weight is 178 g/mol. The van der Waals surface area contributed by atoms with Gasteiger partial charge in [-0.3, -0.25) is 0 Å². The van der Waals surface area contributed by atoms with E-state index >= 15 is 0 Å². The summed E-state index contributed by atoms with van der Waals surface area (Å²) in [5.74, 6) is 0.678. The SMILES string of the molecule is COc1c(CN)ccc2cnoc12. The second-order valence-electron chi connectivity index (χ2n) is 2.71. The van der Waals surface area contributed by atoms with Crippen LogP contribution in [0, 0.1) is 0 Å². The van der Waals surface area contributed by atoms with Crippen molar-refractivity contribution in [1.82, 2.24) is 5.16 Å². The highest BCUT2D eigenvalue weighted by atomic mass is 16.5. The normalized spacial score (nSPS) is 10.6. The molecule has 0 aliphatic rings. The molecule has 0 spiro atoms. The Morgan fingerprint density at radius 2 is 2.38 bits per heavy atom. The number of hydrogen-bond donors (Lipinski definition) is 1. The summed E-state index contributed by atoms with van der Waals surface area (Å²) in [5.41, 5.74) is 7.12. The van der Waals surface area contributed by atoms with Gasteiger partial charge in [-0.1, -0.05) is 11.2 Å². The lowest BCUT2D eigenvalue weighted by Gasteiger charge is -2.05. The van der Waals surface area contributed by atoms with Crippen LogP contribution in [0.25, 0.3) is 11.0 Å². The molecule has 0 atom stereocenters. The maximum absolute atomic E-state index is 5.54. The number of nitrogens with zero attached hydrogens (tertiary/aromatic N) is 1. The number of ether oxygens (including phenoxy) is 1. The van der Waals surface area contributed by atoms with Gasteiger partial charge in [-0.15, -0.1) is 0 Å². The molecule has 0 unspecified atom stereocenters. The van der Waals surface area contributed by atoms with Gasteiger partial charge in [-0.2, -0.15) is 0 Å². The molecule has 4 nitrogen and oxygen atoms in total. The highest BCUT2D eigenvalue weighted by Crippen LogP contribution is 2.28. The monoisotopic (exact) mass is 178 g/mol. The third kappa shape index (κ3) is 1.15. The minimum atomic E-state index is 0.430. The molecule has 68 valence electrons. The molecule has 0 amide bonds. The third-order valence-corrected chi connectivity index (χ3v) is 1.98. The highest BCUT2D eigenvalue weighted by molar-refractivity contribution is 5.83. The molecule has 13 heavy (non-hydrogen) atoms. The summed E-state index contributed by atoms with van der Waals surface area (Å²) in [6, 6.07) is 3.83. The second kappa shape index (κ2) is 3.06. The Morgan fingerprint density at radius 1 is 1.54 bits per heavy atom. The van der Waals surface area contributed by atoms with Crippen LogP contribution in [0.3, 0.4) is 0 Å². The maximum atomic E-state index is 5.54. The molecule has 2 aromatic rings. The quantitative estimate of drug-likeness (QED) is 0.752. The smallest absolute Gasteiger partial charge is 0.208 e. The Kier molecular flexibility index (Phi) is 1.90. The zero-order chi connectivity index (χ0) is 9.26. The van der Waals surface area contributed by atoms with Gasteiger partial charge in [-0.25, -0.2) is 0 Å². The van der Waals surface area contributed by atoms with Crippen LogP contribution >= 0.6 is 0 Å². The summed E-state index contributed by atoms with van der Waals surface area (Å²) in [5, 5.41) is 4.61. The number of fused-ring (bicyclic) bond motifs is 1. The van der Waals surface area contributed by atoms with E-state index in [9.17, 15) is 0 Å². The molecule has 0 aliphatic heterocycles. The third-order valence-electron chi connectivity index (χ3n) is 1.98. The number of aromatic nitrogens is 1. The molecule has 0 bridgehead atoms. The van der Waals surface area contributed by atoms with Crippen molar-refractivity contribution in [3.05, 3.63) is 23.9 Å². The Morgan fingerprint density at radius 3 is 3.08 bits per heavy atom. The van der Waals surface area contributed by atoms with Crippen molar-refractivity contribution in [2.24, 2.45) is 5.73 Å². The van der Waals surface area contributed by atoms with E-state index in [1.165, 1.54) is 0 Å². The summed E-state index contributed by atoms with van der Waals surface area (Å²) >= 11 is 0. The Labute approximate surface area is 75.3 Å². The van der Waals surface area contributed by atoms with E-state index in [4.69, 9.17) is 15.0 Å². The standard InChI is InChI=1S/C9H10N2O2/c1-12-8-6(4-10)2-3-7-5-11-13-9(7)8/h2-3,5H,4,10H2,1H3. The Balaban J connectivity index is 2.74. The summed E-state index contributed by atoms with van der Waals surface area (Å²) in [4.78, 5) is 0. The van der Waals surface area contributed by atoms with E-state index in [1.54, 1.807) is 13.3 Å². The van der Waals surface area contributed by atoms with Gasteiger partial charge >= 0.3 is 0 Å². The zero-order valence-corrected chi connectivity index (χ0v) is 7.28. The Bertz CT molecular complexity index is 422. The first-order chi connectivity index (χ1) is 6.36. The van der Waals surface area contributed by atoms with Crippen molar-refractivity contribution in [2.45, 2.75) is 6.54 Å². The first-order valence-corrected chi connectivity index (χ1v) is 3.97. The number of rotatable bonds is 2. The van der Waals surface area contributed by atoms with Crippen LogP contribution in [0.15, 0.2) is 22.9 Å². The van der Waals surface area contributed by atoms with Crippen molar-refractivity contribution < 1.29 is 9.26 Å². The largest absolute Gasteiger partial charge is 0.492 e. The predicted molar refractivity (Wildman–Crippen MR) is 48.5 cm³/mol. The number of methoxy groups -OCH3 is 1. The lowest BCUT2D eigenvalue weighted by molar-refractivity contribution is 0.389. The molecule has 0 fully saturated rings. The maximum Gasteiger partial charge on any atom is 0.208 e. The van der Waals surface area contributed by atoms with Gasteiger partial charge in [0.2, 0.25) is 5.58 Å². The number of nitrogens with two attached hydrogens (primary N) is 1. The molecule has 1 aromatic carbocycles. The lowest BCUT2D eigenvalue weighted by Crippen LogP contribution is -1.99.